The number of β-amino-alcohol motifs (C(OH)–C–C–N with tert-alkyl or cyclic N) is 1. The summed E-state index contributed by atoms with van der Waals surface area (Å²) in [5.41, 5.74) is -0.528. The molecule has 0 aliphatic carbocycles. The normalized spacial score (nSPS) is 17.5. The van der Waals surface area contributed by atoms with Gasteiger partial charge in [0.05, 0.1) is 5.60 Å². The molecule has 1 aliphatic heterocycles. The van der Waals surface area contributed by atoms with E-state index in [1.807, 2.05) is 13.8 Å². The van der Waals surface area contributed by atoms with Crippen LogP contribution in [-0.4, -0.2) is 64.4 Å². The number of anilines is 1. The van der Waals surface area contributed by atoms with E-state index in [-0.39, 0.29) is 5.69 Å². The molecule has 0 unspecified atom stereocenters. The molecule has 0 aromatic carbocycles. The minimum atomic E-state index is -0.967. The van der Waals surface area contributed by atoms with Crippen molar-refractivity contribution >= 4 is 22.4 Å². The van der Waals surface area contributed by atoms with E-state index in [0.717, 1.165) is 36.2 Å². The molecule has 6 nitrogen and oxygen atoms in total. The van der Waals surface area contributed by atoms with E-state index in [4.69, 9.17) is 5.11 Å². The molecule has 0 saturated carbocycles. The van der Waals surface area contributed by atoms with E-state index in [2.05, 4.69) is 14.8 Å². The monoisotopic (exact) mass is 299 g/mol. The number of rotatable bonds is 4. The van der Waals surface area contributed by atoms with Crippen molar-refractivity contribution in [1.29, 1.82) is 0 Å². The maximum Gasteiger partial charge on any atom is 0.355 e. The lowest BCUT2D eigenvalue weighted by Gasteiger charge is -2.37. The number of nitrogens with zero attached hydrogens (tertiary/aromatic N) is 3. The lowest BCUT2D eigenvalue weighted by atomic mass is 10.1. The first-order chi connectivity index (χ1) is 9.26. The molecule has 0 bridgehead atoms. The first-order valence-electron chi connectivity index (χ1n) is 6.67. The van der Waals surface area contributed by atoms with Crippen LogP contribution in [0.25, 0.3) is 0 Å². The van der Waals surface area contributed by atoms with Crippen molar-refractivity contribution in [2.75, 3.05) is 37.6 Å². The van der Waals surface area contributed by atoms with Crippen molar-refractivity contribution in [3.05, 3.63) is 10.6 Å². The Morgan fingerprint density at radius 3 is 2.40 bits per heavy atom. The van der Waals surface area contributed by atoms with Gasteiger partial charge in [0, 0.05) is 37.6 Å². The average molecular weight is 299 g/mol. The van der Waals surface area contributed by atoms with E-state index in [9.17, 15) is 9.90 Å². The number of aromatic carboxylic acids is 1. The summed E-state index contributed by atoms with van der Waals surface area (Å²) in [4.78, 5) is 20.3. The molecule has 1 aromatic rings. The van der Waals surface area contributed by atoms with Gasteiger partial charge in [-0.1, -0.05) is 0 Å². The molecule has 2 N–H and O–H groups in total. The molecule has 112 valence electrons. The van der Waals surface area contributed by atoms with Crippen LogP contribution in [0.3, 0.4) is 0 Å². The number of carboxylic acids is 1. The fourth-order valence-electron chi connectivity index (χ4n) is 2.36. The highest BCUT2D eigenvalue weighted by atomic mass is 32.1. The van der Waals surface area contributed by atoms with Crippen LogP contribution in [0.2, 0.25) is 0 Å². The zero-order valence-corrected chi connectivity index (χ0v) is 12.9. The number of carbonyl (C=O) groups is 1. The van der Waals surface area contributed by atoms with Crippen LogP contribution in [-0.2, 0) is 0 Å². The zero-order chi connectivity index (χ0) is 14.9. The molecule has 0 atom stereocenters. The molecule has 2 heterocycles. The van der Waals surface area contributed by atoms with Crippen molar-refractivity contribution in [2.24, 2.45) is 0 Å². The Hall–Kier alpha value is -1.18. The summed E-state index contributed by atoms with van der Waals surface area (Å²) < 4.78 is 0. The highest BCUT2D eigenvalue weighted by molar-refractivity contribution is 7.15. The van der Waals surface area contributed by atoms with Crippen LogP contribution < -0.4 is 4.90 Å². The molecule has 1 saturated heterocycles. The van der Waals surface area contributed by atoms with Crippen LogP contribution in [0.1, 0.15) is 29.2 Å². The Balaban J connectivity index is 1.97. The van der Waals surface area contributed by atoms with Gasteiger partial charge < -0.3 is 15.1 Å². The Kier molecular flexibility index (Phi) is 4.31. The molecule has 0 amide bonds. The Labute approximate surface area is 122 Å². The summed E-state index contributed by atoms with van der Waals surface area (Å²) in [5.74, 6) is -0.967. The second-order valence-electron chi connectivity index (χ2n) is 5.78. The van der Waals surface area contributed by atoms with Gasteiger partial charge in [0.25, 0.3) is 0 Å². The minimum absolute atomic E-state index is 0.156. The quantitative estimate of drug-likeness (QED) is 0.865. The van der Waals surface area contributed by atoms with Gasteiger partial charge in [0.1, 0.15) is 0 Å². The van der Waals surface area contributed by atoms with Gasteiger partial charge >= 0.3 is 5.97 Å². The smallest absolute Gasteiger partial charge is 0.355 e. The summed E-state index contributed by atoms with van der Waals surface area (Å²) in [7, 11) is 0. The molecule has 1 fully saturated rings. The van der Waals surface area contributed by atoms with Crippen LogP contribution in [0, 0.1) is 6.92 Å². The third-order valence-electron chi connectivity index (χ3n) is 3.24. The number of aromatic nitrogens is 1. The van der Waals surface area contributed by atoms with Crippen LogP contribution in [0.15, 0.2) is 0 Å². The van der Waals surface area contributed by atoms with Crippen LogP contribution in [0.5, 0.6) is 0 Å². The molecule has 1 aromatic heterocycles. The fraction of sp³-hybridized carbons (Fsp3) is 0.692. The Morgan fingerprint density at radius 2 is 1.95 bits per heavy atom. The Morgan fingerprint density at radius 1 is 1.35 bits per heavy atom. The number of carboxylic acid groups (broad SMARTS) is 1. The third-order valence-corrected chi connectivity index (χ3v) is 4.27. The summed E-state index contributed by atoms with van der Waals surface area (Å²) in [6.45, 7) is 9.37. The highest BCUT2D eigenvalue weighted by Gasteiger charge is 2.25. The standard InChI is InChI=1S/C13H21N3O3S/c1-9-10(11(17)18)14-12(20-9)16-6-4-15(5-7-16)8-13(2,3)19/h19H,4-8H2,1-3H3,(H,17,18). The second kappa shape index (κ2) is 5.67. The number of aliphatic hydroxyl groups is 1. The van der Waals surface area contributed by atoms with Crippen LogP contribution in [0.4, 0.5) is 5.13 Å². The van der Waals surface area contributed by atoms with Crippen molar-refractivity contribution in [3.8, 4) is 0 Å². The molecular formula is C13H21N3O3S. The largest absolute Gasteiger partial charge is 0.476 e. The molecular weight excluding hydrogens is 278 g/mol. The SMILES string of the molecule is Cc1sc(N2CCN(CC(C)(C)O)CC2)nc1C(=O)O. The lowest BCUT2D eigenvalue weighted by molar-refractivity contribution is 0.0345. The van der Waals surface area contributed by atoms with Crippen molar-refractivity contribution < 1.29 is 15.0 Å². The maximum atomic E-state index is 11.0. The predicted octanol–water partition coefficient (Wildman–Crippen LogP) is 1.04. The van der Waals surface area contributed by atoms with Crippen molar-refractivity contribution in [1.82, 2.24) is 9.88 Å². The molecule has 0 radical (unpaired) electrons. The van der Waals surface area contributed by atoms with Gasteiger partial charge in [-0.15, -0.1) is 11.3 Å². The van der Waals surface area contributed by atoms with Crippen molar-refractivity contribution in [2.45, 2.75) is 26.4 Å². The van der Waals surface area contributed by atoms with Gasteiger partial charge in [-0.25, -0.2) is 9.78 Å². The zero-order valence-electron chi connectivity index (χ0n) is 12.1. The topological polar surface area (TPSA) is 76.9 Å². The predicted molar refractivity (Wildman–Crippen MR) is 78.8 cm³/mol. The molecule has 20 heavy (non-hydrogen) atoms. The van der Waals surface area contributed by atoms with Gasteiger partial charge in [-0.2, -0.15) is 0 Å². The van der Waals surface area contributed by atoms with Gasteiger partial charge in [-0.05, 0) is 20.8 Å². The van der Waals surface area contributed by atoms with E-state index in [1.165, 1.54) is 11.3 Å². The minimum Gasteiger partial charge on any atom is -0.476 e. The summed E-state index contributed by atoms with van der Waals surface area (Å²) in [6, 6.07) is 0. The Bertz CT molecular complexity index is 488. The first kappa shape index (κ1) is 15.2. The third kappa shape index (κ3) is 3.68. The summed E-state index contributed by atoms with van der Waals surface area (Å²) in [6.07, 6.45) is 0. The average Bonchev–Trinajstić information content (AvgIpc) is 2.70. The van der Waals surface area contributed by atoms with Gasteiger partial charge in [-0.3, -0.25) is 4.90 Å². The van der Waals surface area contributed by atoms with Gasteiger partial charge in [0.15, 0.2) is 10.8 Å². The summed E-state index contributed by atoms with van der Waals surface area (Å²) >= 11 is 1.43. The first-order valence-corrected chi connectivity index (χ1v) is 7.48. The van der Waals surface area contributed by atoms with Gasteiger partial charge in [0.2, 0.25) is 0 Å². The number of aryl methyl sites for hydroxylation is 1. The van der Waals surface area contributed by atoms with Crippen LogP contribution >= 0.6 is 11.3 Å². The molecule has 1 aliphatic rings. The van der Waals surface area contributed by atoms with Crippen molar-refractivity contribution in [3.63, 3.8) is 0 Å². The number of piperazine rings is 1. The van der Waals surface area contributed by atoms with E-state index < -0.39 is 11.6 Å². The van der Waals surface area contributed by atoms with E-state index in [0.29, 0.717) is 6.54 Å². The summed E-state index contributed by atoms with van der Waals surface area (Å²) in [5, 5.41) is 19.6. The highest BCUT2D eigenvalue weighted by Crippen LogP contribution is 2.26. The second-order valence-corrected chi connectivity index (χ2v) is 6.96. The maximum absolute atomic E-state index is 11.0. The lowest BCUT2D eigenvalue weighted by Crippen LogP contribution is -2.50. The van der Waals surface area contributed by atoms with E-state index in [1.54, 1.807) is 6.92 Å². The number of hydrogen-bond donors (Lipinski definition) is 2. The molecule has 2 rings (SSSR count). The van der Waals surface area contributed by atoms with E-state index >= 15 is 0 Å². The number of thiazole rings is 1. The molecule has 7 heteroatoms. The number of hydrogen-bond acceptors (Lipinski definition) is 6. The molecule has 0 spiro atoms. The fourth-order valence-corrected chi connectivity index (χ4v) is 3.31.